The second-order valence-electron chi connectivity index (χ2n) is 5.47. The summed E-state index contributed by atoms with van der Waals surface area (Å²) in [6.45, 7) is 4.73. The van der Waals surface area contributed by atoms with E-state index in [-0.39, 0.29) is 0 Å². The Kier molecular flexibility index (Phi) is 6.99. The monoisotopic (exact) mass is 285 g/mol. The van der Waals surface area contributed by atoms with Crippen molar-refractivity contribution in [2.45, 2.75) is 45.4 Å². The quantitative estimate of drug-likeness (QED) is 0.407. The summed E-state index contributed by atoms with van der Waals surface area (Å²) in [5, 5.41) is 0. The Morgan fingerprint density at radius 3 is 2.00 bits per heavy atom. The number of likely N-dealkylation sites (tertiary alicyclic amines) is 1. The lowest BCUT2D eigenvalue weighted by molar-refractivity contribution is -0.172. The van der Waals surface area contributed by atoms with Crippen LogP contribution >= 0.6 is 0 Å². The first-order valence-electron chi connectivity index (χ1n) is 7.50. The molecule has 0 atom stereocenters. The normalized spacial score (nSPS) is 18.6. The van der Waals surface area contributed by atoms with Gasteiger partial charge < -0.3 is 14.4 Å². The number of hydrogen-bond donors (Lipinski definition) is 0. The number of hydrogen-bond acceptors (Lipinski definition) is 5. The third-order valence-corrected chi connectivity index (χ3v) is 4.19. The second-order valence-corrected chi connectivity index (χ2v) is 5.47. The first-order valence-corrected chi connectivity index (χ1v) is 7.50. The van der Waals surface area contributed by atoms with E-state index >= 15 is 0 Å². The molecule has 0 aliphatic carbocycles. The van der Waals surface area contributed by atoms with Crippen molar-refractivity contribution in [3.05, 3.63) is 0 Å². The van der Waals surface area contributed by atoms with Crippen molar-refractivity contribution in [2.75, 3.05) is 33.9 Å². The van der Waals surface area contributed by atoms with Crippen molar-refractivity contribution in [2.24, 2.45) is 5.41 Å². The van der Waals surface area contributed by atoms with Gasteiger partial charge in [-0.2, -0.15) is 0 Å². The van der Waals surface area contributed by atoms with Crippen LogP contribution in [0.1, 0.15) is 45.4 Å². The van der Waals surface area contributed by atoms with Gasteiger partial charge in [0.1, 0.15) is 0 Å². The standard InChI is InChI=1S/C15H27NO4/c1-4-5-6-7-10-16-11-8-15(9-12-16,13(17)19-2)14(18)20-3/h4-12H2,1-3H3. The number of piperidine rings is 1. The van der Waals surface area contributed by atoms with Crippen LogP contribution in [0.4, 0.5) is 0 Å². The lowest BCUT2D eigenvalue weighted by Gasteiger charge is -2.37. The van der Waals surface area contributed by atoms with Gasteiger partial charge in [0.05, 0.1) is 14.2 Å². The number of ether oxygens (including phenoxy) is 2. The lowest BCUT2D eigenvalue weighted by atomic mass is 9.78. The van der Waals surface area contributed by atoms with E-state index in [9.17, 15) is 9.59 Å². The summed E-state index contributed by atoms with van der Waals surface area (Å²) in [4.78, 5) is 26.2. The van der Waals surface area contributed by atoms with E-state index in [0.29, 0.717) is 12.8 Å². The topological polar surface area (TPSA) is 55.8 Å². The van der Waals surface area contributed by atoms with Crippen molar-refractivity contribution >= 4 is 11.9 Å². The van der Waals surface area contributed by atoms with Crippen molar-refractivity contribution < 1.29 is 19.1 Å². The van der Waals surface area contributed by atoms with Crippen LogP contribution in [0.5, 0.6) is 0 Å². The van der Waals surface area contributed by atoms with Crippen LogP contribution in [0.2, 0.25) is 0 Å². The van der Waals surface area contributed by atoms with Gasteiger partial charge in [0.2, 0.25) is 0 Å². The third-order valence-electron chi connectivity index (χ3n) is 4.19. The van der Waals surface area contributed by atoms with E-state index in [1.807, 2.05) is 0 Å². The molecule has 0 saturated carbocycles. The molecule has 1 aliphatic rings. The Morgan fingerprint density at radius 1 is 1.00 bits per heavy atom. The minimum atomic E-state index is -1.09. The summed E-state index contributed by atoms with van der Waals surface area (Å²) in [6, 6.07) is 0. The highest BCUT2D eigenvalue weighted by Gasteiger charge is 2.50. The van der Waals surface area contributed by atoms with E-state index in [0.717, 1.165) is 19.6 Å². The molecule has 0 radical (unpaired) electrons. The number of carbonyl (C=O) groups is 2. The molecular formula is C15H27NO4. The summed E-state index contributed by atoms with van der Waals surface area (Å²) in [5.41, 5.74) is -1.09. The van der Waals surface area contributed by atoms with E-state index in [1.54, 1.807) is 0 Å². The molecule has 0 aromatic heterocycles. The molecule has 0 aromatic rings. The van der Waals surface area contributed by atoms with Gasteiger partial charge in [-0.15, -0.1) is 0 Å². The van der Waals surface area contributed by atoms with Crippen LogP contribution < -0.4 is 0 Å². The summed E-state index contributed by atoms with van der Waals surface area (Å²) in [5.74, 6) is -0.926. The summed E-state index contributed by atoms with van der Waals surface area (Å²) < 4.78 is 9.61. The molecule has 0 N–H and O–H groups in total. The molecule has 0 bridgehead atoms. The second kappa shape index (κ2) is 8.25. The predicted octanol–water partition coefficient (Wildman–Crippen LogP) is 1.99. The molecule has 0 amide bonds. The van der Waals surface area contributed by atoms with Crippen LogP contribution in [0.25, 0.3) is 0 Å². The minimum absolute atomic E-state index is 0.463. The average molecular weight is 285 g/mol. The highest BCUT2D eigenvalue weighted by Crippen LogP contribution is 2.34. The fraction of sp³-hybridized carbons (Fsp3) is 0.867. The maximum Gasteiger partial charge on any atom is 0.323 e. The molecule has 1 fully saturated rings. The van der Waals surface area contributed by atoms with E-state index in [1.165, 1.54) is 39.9 Å². The Labute approximate surface area is 121 Å². The van der Waals surface area contributed by atoms with Crippen molar-refractivity contribution in [1.29, 1.82) is 0 Å². The maximum atomic E-state index is 12.0. The number of methoxy groups -OCH3 is 2. The Morgan fingerprint density at radius 2 is 1.55 bits per heavy atom. The van der Waals surface area contributed by atoms with E-state index in [4.69, 9.17) is 9.47 Å². The molecular weight excluding hydrogens is 258 g/mol. The van der Waals surface area contributed by atoms with Gasteiger partial charge in [-0.05, 0) is 38.9 Å². The zero-order chi connectivity index (χ0) is 15.0. The van der Waals surface area contributed by atoms with Crippen molar-refractivity contribution in [3.8, 4) is 0 Å². The Balaban J connectivity index is 2.51. The van der Waals surface area contributed by atoms with Gasteiger partial charge in [-0.3, -0.25) is 9.59 Å². The van der Waals surface area contributed by atoms with Crippen molar-refractivity contribution in [1.82, 2.24) is 4.90 Å². The first-order chi connectivity index (χ1) is 9.60. The fourth-order valence-corrected chi connectivity index (χ4v) is 2.80. The van der Waals surface area contributed by atoms with Crippen LogP contribution in [-0.2, 0) is 19.1 Å². The summed E-state index contributed by atoms with van der Waals surface area (Å²) in [7, 11) is 2.65. The Hall–Kier alpha value is -1.10. The number of carbonyl (C=O) groups excluding carboxylic acids is 2. The van der Waals surface area contributed by atoms with Crippen molar-refractivity contribution in [3.63, 3.8) is 0 Å². The SMILES string of the molecule is CCCCCCN1CCC(C(=O)OC)(C(=O)OC)CC1. The molecule has 20 heavy (non-hydrogen) atoms. The molecule has 116 valence electrons. The minimum Gasteiger partial charge on any atom is -0.468 e. The number of nitrogens with zero attached hydrogens (tertiary/aromatic N) is 1. The highest BCUT2D eigenvalue weighted by atomic mass is 16.5. The molecule has 5 heteroatoms. The third kappa shape index (κ3) is 3.95. The first kappa shape index (κ1) is 17.0. The van der Waals surface area contributed by atoms with E-state index in [2.05, 4.69) is 11.8 Å². The fourth-order valence-electron chi connectivity index (χ4n) is 2.80. The smallest absolute Gasteiger partial charge is 0.323 e. The van der Waals surface area contributed by atoms with Gasteiger partial charge in [0.25, 0.3) is 0 Å². The number of rotatable bonds is 7. The van der Waals surface area contributed by atoms with Gasteiger partial charge >= 0.3 is 11.9 Å². The van der Waals surface area contributed by atoms with Crippen LogP contribution in [0, 0.1) is 5.41 Å². The van der Waals surface area contributed by atoms with Crippen LogP contribution in [0.15, 0.2) is 0 Å². The molecule has 1 aliphatic heterocycles. The molecule has 5 nitrogen and oxygen atoms in total. The van der Waals surface area contributed by atoms with Gasteiger partial charge in [0.15, 0.2) is 5.41 Å². The van der Waals surface area contributed by atoms with Crippen LogP contribution in [0.3, 0.4) is 0 Å². The van der Waals surface area contributed by atoms with Gasteiger partial charge in [0, 0.05) is 0 Å². The molecule has 1 heterocycles. The molecule has 0 aromatic carbocycles. The largest absolute Gasteiger partial charge is 0.468 e. The maximum absolute atomic E-state index is 12.0. The van der Waals surface area contributed by atoms with Crippen LogP contribution in [-0.4, -0.2) is 50.7 Å². The van der Waals surface area contributed by atoms with Gasteiger partial charge in [-0.1, -0.05) is 26.2 Å². The molecule has 1 saturated heterocycles. The number of unbranched alkanes of at least 4 members (excludes halogenated alkanes) is 3. The summed E-state index contributed by atoms with van der Waals surface area (Å²) in [6.07, 6.45) is 5.89. The van der Waals surface area contributed by atoms with E-state index < -0.39 is 17.4 Å². The van der Waals surface area contributed by atoms with Gasteiger partial charge in [-0.25, -0.2) is 0 Å². The number of esters is 2. The average Bonchev–Trinajstić information content (AvgIpc) is 2.50. The Bertz CT molecular complexity index is 304. The molecule has 0 spiro atoms. The zero-order valence-corrected chi connectivity index (χ0v) is 12.9. The lowest BCUT2D eigenvalue weighted by Crippen LogP contribution is -2.50. The molecule has 0 unspecified atom stereocenters. The summed E-state index contributed by atoms with van der Waals surface area (Å²) >= 11 is 0. The zero-order valence-electron chi connectivity index (χ0n) is 12.9. The highest BCUT2D eigenvalue weighted by molar-refractivity contribution is 6.00. The predicted molar refractivity (Wildman–Crippen MR) is 76.3 cm³/mol. The molecule has 1 rings (SSSR count).